The summed E-state index contributed by atoms with van der Waals surface area (Å²) in [5.74, 6) is -0.404. The molecule has 0 unspecified atom stereocenters. The molecule has 8 heteroatoms. The highest BCUT2D eigenvalue weighted by Crippen LogP contribution is 2.25. The number of aryl methyl sites for hydroxylation is 2. The largest absolute Gasteiger partial charge is 0.322 e. The maximum atomic E-state index is 12.7. The van der Waals surface area contributed by atoms with Crippen LogP contribution in [0.5, 0.6) is 0 Å². The fraction of sp³-hybridized carbons (Fsp3) is 0.0952. The van der Waals surface area contributed by atoms with Crippen LogP contribution in [-0.2, 0) is 10.0 Å². The first-order valence-corrected chi connectivity index (χ1v) is 10.9. The van der Waals surface area contributed by atoms with E-state index in [4.69, 9.17) is 23.2 Å². The summed E-state index contributed by atoms with van der Waals surface area (Å²) in [6, 6.07) is 16.0. The van der Waals surface area contributed by atoms with E-state index in [9.17, 15) is 13.2 Å². The molecule has 150 valence electrons. The molecule has 0 bridgehead atoms. The number of halogens is 2. The van der Waals surface area contributed by atoms with Gasteiger partial charge in [0, 0.05) is 21.3 Å². The molecule has 2 N–H and O–H groups in total. The molecule has 0 aliphatic heterocycles. The molecule has 3 aromatic carbocycles. The SMILES string of the molecule is Cc1cccc(C)c1NS(=O)(=O)c1ccc(NC(=O)c2cc(Cl)cc(Cl)c2)cc1. The molecule has 29 heavy (non-hydrogen) atoms. The summed E-state index contributed by atoms with van der Waals surface area (Å²) in [6.07, 6.45) is 0. The Labute approximate surface area is 179 Å². The van der Waals surface area contributed by atoms with Crippen molar-refractivity contribution in [3.05, 3.63) is 87.4 Å². The number of carbonyl (C=O) groups excluding carboxylic acids is 1. The second-order valence-corrected chi connectivity index (χ2v) is 9.06. The zero-order chi connectivity index (χ0) is 21.2. The van der Waals surface area contributed by atoms with Gasteiger partial charge in [-0.15, -0.1) is 0 Å². The highest BCUT2D eigenvalue weighted by atomic mass is 35.5. The maximum Gasteiger partial charge on any atom is 0.261 e. The van der Waals surface area contributed by atoms with E-state index in [2.05, 4.69) is 10.0 Å². The van der Waals surface area contributed by atoms with Crippen LogP contribution in [0.4, 0.5) is 11.4 Å². The molecule has 0 fully saturated rings. The third-order valence-corrected chi connectivity index (χ3v) is 6.07. The molecule has 1 amide bonds. The summed E-state index contributed by atoms with van der Waals surface area (Å²) >= 11 is 11.8. The predicted molar refractivity (Wildman–Crippen MR) is 118 cm³/mol. The Balaban J connectivity index is 1.78. The fourth-order valence-corrected chi connectivity index (χ4v) is 4.50. The Bertz CT molecular complexity index is 1140. The van der Waals surface area contributed by atoms with Gasteiger partial charge in [0.2, 0.25) is 0 Å². The van der Waals surface area contributed by atoms with Crippen molar-refractivity contribution in [2.45, 2.75) is 18.7 Å². The first-order chi connectivity index (χ1) is 13.7. The minimum absolute atomic E-state index is 0.0870. The number of para-hydroxylation sites is 1. The van der Waals surface area contributed by atoms with E-state index in [1.165, 1.54) is 42.5 Å². The molecule has 0 saturated carbocycles. The van der Waals surface area contributed by atoms with E-state index in [0.29, 0.717) is 27.0 Å². The van der Waals surface area contributed by atoms with E-state index in [0.717, 1.165) is 11.1 Å². The van der Waals surface area contributed by atoms with E-state index in [-0.39, 0.29) is 4.90 Å². The van der Waals surface area contributed by atoms with Crippen LogP contribution in [0.3, 0.4) is 0 Å². The Kier molecular flexibility index (Phi) is 6.17. The van der Waals surface area contributed by atoms with Crippen molar-refractivity contribution in [3.8, 4) is 0 Å². The van der Waals surface area contributed by atoms with Crippen LogP contribution in [0, 0.1) is 13.8 Å². The Morgan fingerprint density at radius 3 is 1.97 bits per heavy atom. The molecule has 0 atom stereocenters. The van der Waals surface area contributed by atoms with Crippen LogP contribution in [0.15, 0.2) is 65.6 Å². The third-order valence-electron chi connectivity index (χ3n) is 4.26. The lowest BCUT2D eigenvalue weighted by Gasteiger charge is -2.13. The second-order valence-electron chi connectivity index (χ2n) is 6.51. The fourth-order valence-electron chi connectivity index (χ4n) is 2.77. The first kappa shape index (κ1) is 21.2. The third kappa shape index (κ3) is 5.09. The number of sulfonamides is 1. The zero-order valence-corrected chi connectivity index (χ0v) is 18.0. The average molecular weight is 449 g/mol. The molecule has 0 heterocycles. The molecule has 0 saturated heterocycles. The van der Waals surface area contributed by atoms with Crippen LogP contribution in [0.1, 0.15) is 21.5 Å². The molecule has 0 aliphatic carbocycles. The summed E-state index contributed by atoms with van der Waals surface area (Å²) in [4.78, 5) is 12.4. The molecule has 0 radical (unpaired) electrons. The van der Waals surface area contributed by atoms with Crippen LogP contribution in [-0.4, -0.2) is 14.3 Å². The molecule has 3 aromatic rings. The van der Waals surface area contributed by atoms with Gasteiger partial charge < -0.3 is 5.32 Å². The van der Waals surface area contributed by atoms with E-state index >= 15 is 0 Å². The van der Waals surface area contributed by atoms with Gasteiger partial charge in [-0.1, -0.05) is 41.4 Å². The number of amides is 1. The highest BCUT2D eigenvalue weighted by Gasteiger charge is 2.17. The minimum Gasteiger partial charge on any atom is -0.322 e. The lowest BCUT2D eigenvalue weighted by Crippen LogP contribution is -2.15. The standard InChI is InChI=1S/C21H18Cl2N2O3S/c1-13-4-3-5-14(2)20(13)25-29(27,28)19-8-6-18(7-9-19)24-21(26)15-10-16(22)12-17(23)11-15/h3-12,25H,1-2H3,(H,24,26). The van der Waals surface area contributed by atoms with Gasteiger partial charge in [0.05, 0.1) is 10.6 Å². The number of carbonyl (C=O) groups is 1. The zero-order valence-electron chi connectivity index (χ0n) is 15.7. The topological polar surface area (TPSA) is 75.3 Å². The van der Waals surface area contributed by atoms with Crippen LogP contribution in [0.2, 0.25) is 10.0 Å². The van der Waals surface area contributed by atoms with Gasteiger partial charge in [-0.2, -0.15) is 0 Å². The molecule has 5 nitrogen and oxygen atoms in total. The van der Waals surface area contributed by atoms with Gasteiger partial charge >= 0.3 is 0 Å². The summed E-state index contributed by atoms with van der Waals surface area (Å²) in [7, 11) is -3.76. The summed E-state index contributed by atoms with van der Waals surface area (Å²) in [5, 5.41) is 3.39. The van der Waals surface area contributed by atoms with Crippen molar-refractivity contribution in [2.75, 3.05) is 10.0 Å². The van der Waals surface area contributed by atoms with E-state index in [1.54, 1.807) is 0 Å². The van der Waals surface area contributed by atoms with Crippen LogP contribution < -0.4 is 10.0 Å². The average Bonchev–Trinajstić information content (AvgIpc) is 2.64. The van der Waals surface area contributed by atoms with Gasteiger partial charge in [0.1, 0.15) is 0 Å². The molecule has 3 rings (SSSR count). The number of hydrogen-bond donors (Lipinski definition) is 2. The Hall–Kier alpha value is -2.54. The number of nitrogens with one attached hydrogen (secondary N) is 2. The number of rotatable bonds is 5. The van der Waals surface area contributed by atoms with Gasteiger partial charge in [-0.3, -0.25) is 9.52 Å². The quantitative estimate of drug-likeness (QED) is 0.528. The monoisotopic (exact) mass is 448 g/mol. The number of hydrogen-bond acceptors (Lipinski definition) is 3. The van der Waals surface area contributed by atoms with Gasteiger partial charge in [0.15, 0.2) is 0 Å². The number of benzene rings is 3. The van der Waals surface area contributed by atoms with Crippen molar-refractivity contribution >= 4 is 50.5 Å². The minimum atomic E-state index is -3.76. The van der Waals surface area contributed by atoms with E-state index in [1.807, 2.05) is 32.0 Å². The second kappa shape index (κ2) is 8.45. The summed E-state index contributed by atoms with van der Waals surface area (Å²) in [6.45, 7) is 3.68. The van der Waals surface area contributed by atoms with Crippen molar-refractivity contribution in [1.82, 2.24) is 0 Å². The summed E-state index contributed by atoms with van der Waals surface area (Å²) < 4.78 is 28.0. The lowest BCUT2D eigenvalue weighted by atomic mass is 10.1. The molecule has 0 aromatic heterocycles. The Morgan fingerprint density at radius 2 is 1.41 bits per heavy atom. The van der Waals surface area contributed by atoms with Gasteiger partial charge in [-0.05, 0) is 67.4 Å². The Morgan fingerprint density at radius 1 is 0.862 bits per heavy atom. The van der Waals surface area contributed by atoms with Crippen LogP contribution in [0.25, 0.3) is 0 Å². The molecular formula is C21H18Cl2N2O3S. The molecular weight excluding hydrogens is 431 g/mol. The van der Waals surface area contributed by atoms with Crippen molar-refractivity contribution in [1.29, 1.82) is 0 Å². The first-order valence-electron chi connectivity index (χ1n) is 8.62. The highest BCUT2D eigenvalue weighted by molar-refractivity contribution is 7.92. The summed E-state index contributed by atoms with van der Waals surface area (Å²) in [5.41, 5.74) is 2.96. The van der Waals surface area contributed by atoms with Crippen molar-refractivity contribution in [3.63, 3.8) is 0 Å². The van der Waals surface area contributed by atoms with Gasteiger partial charge in [0.25, 0.3) is 15.9 Å². The normalized spacial score (nSPS) is 11.2. The van der Waals surface area contributed by atoms with Crippen molar-refractivity contribution < 1.29 is 13.2 Å². The van der Waals surface area contributed by atoms with Crippen molar-refractivity contribution in [2.24, 2.45) is 0 Å². The maximum absolute atomic E-state index is 12.7. The van der Waals surface area contributed by atoms with Crippen LogP contribution >= 0.6 is 23.2 Å². The predicted octanol–water partition coefficient (Wildman–Crippen LogP) is 5.66. The lowest BCUT2D eigenvalue weighted by molar-refractivity contribution is 0.102. The number of anilines is 2. The molecule has 0 aliphatic rings. The van der Waals surface area contributed by atoms with E-state index < -0.39 is 15.9 Å². The smallest absolute Gasteiger partial charge is 0.261 e. The van der Waals surface area contributed by atoms with Gasteiger partial charge in [-0.25, -0.2) is 8.42 Å². The molecule has 0 spiro atoms.